The number of carbonyl (C=O) groups is 1. The van der Waals surface area contributed by atoms with Gasteiger partial charge in [-0.25, -0.2) is 4.79 Å². The van der Waals surface area contributed by atoms with E-state index in [0.717, 1.165) is 11.1 Å². The molecule has 7 nitrogen and oxygen atoms in total. The summed E-state index contributed by atoms with van der Waals surface area (Å²) in [4.78, 5) is 16.0. The van der Waals surface area contributed by atoms with Crippen molar-refractivity contribution in [2.45, 2.75) is 13.5 Å². The van der Waals surface area contributed by atoms with E-state index in [-0.39, 0.29) is 19.1 Å². The Balaban J connectivity index is 1.52. The fourth-order valence-electron chi connectivity index (χ4n) is 2.22. The Bertz CT molecular complexity index is 891. The summed E-state index contributed by atoms with van der Waals surface area (Å²) >= 11 is 0. The maximum atomic E-state index is 11.8. The number of hydrogen-bond donors (Lipinski definition) is 0. The molecule has 0 radical (unpaired) electrons. The van der Waals surface area contributed by atoms with Crippen molar-refractivity contribution in [1.82, 2.24) is 10.1 Å². The van der Waals surface area contributed by atoms with Crippen molar-refractivity contribution in [2.24, 2.45) is 0 Å². The quantitative estimate of drug-likeness (QED) is 0.603. The molecular weight excluding hydrogens is 336 g/mol. The number of ether oxygens (including phenoxy) is 3. The predicted octanol–water partition coefficient (Wildman–Crippen LogP) is 3.18. The second-order valence-corrected chi connectivity index (χ2v) is 5.51. The third kappa shape index (κ3) is 4.60. The van der Waals surface area contributed by atoms with Crippen LogP contribution in [0.15, 0.2) is 53.1 Å². The zero-order valence-electron chi connectivity index (χ0n) is 14.5. The lowest BCUT2D eigenvalue weighted by atomic mass is 10.2. The van der Waals surface area contributed by atoms with Crippen LogP contribution >= 0.6 is 0 Å². The van der Waals surface area contributed by atoms with Crippen LogP contribution in [-0.4, -0.2) is 29.8 Å². The van der Waals surface area contributed by atoms with Crippen LogP contribution in [0, 0.1) is 6.92 Å². The summed E-state index contributed by atoms with van der Waals surface area (Å²) in [6, 6.07) is 14.7. The number of aromatic nitrogens is 2. The average Bonchev–Trinajstić information content (AvgIpc) is 3.14. The Labute approximate surface area is 150 Å². The number of nitrogens with zero attached hydrogens (tertiary/aromatic N) is 2. The molecule has 0 fully saturated rings. The van der Waals surface area contributed by atoms with Crippen LogP contribution in [0.25, 0.3) is 11.4 Å². The molecule has 0 bridgehead atoms. The average molecular weight is 354 g/mol. The lowest BCUT2D eigenvalue weighted by molar-refractivity contribution is -0.148. The molecule has 0 aliphatic heterocycles. The molecule has 0 atom stereocenters. The molecule has 3 rings (SSSR count). The van der Waals surface area contributed by atoms with E-state index in [9.17, 15) is 4.79 Å². The Morgan fingerprint density at radius 1 is 1.12 bits per heavy atom. The number of carbonyl (C=O) groups excluding carboxylic acids is 1. The van der Waals surface area contributed by atoms with Gasteiger partial charge in [0.2, 0.25) is 5.82 Å². The van der Waals surface area contributed by atoms with Gasteiger partial charge >= 0.3 is 5.97 Å². The van der Waals surface area contributed by atoms with Crippen LogP contribution in [0.1, 0.15) is 11.5 Å². The monoisotopic (exact) mass is 354 g/mol. The van der Waals surface area contributed by atoms with E-state index in [4.69, 9.17) is 18.7 Å². The number of esters is 1. The minimum Gasteiger partial charge on any atom is -0.497 e. The van der Waals surface area contributed by atoms with Gasteiger partial charge in [0.05, 0.1) is 7.11 Å². The minimum absolute atomic E-state index is 0.118. The second-order valence-electron chi connectivity index (χ2n) is 5.51. The minimum atomic E-state index is -0.521. The van der Waals surface area contributed by atoms with Gasteiger partial charge in [-0.15, -0.1) is 0 Å². The number of rotatable bonds is 7. The lowest BCUT2D eigenvalue weighted by Crippen LogP contribution is -2.14. The molecule has 0 aliphatic rings. The highest BCUT2D eigenvalue weighted by Gasteiger charge is 2.12. The lowest BCUT2D eigenvalue weighted by Gasteiger charge is -2.06. The van der Waals surface area contributed by atoms with Crippen molar-refractivity contribution in [3.63, 3.8) is 0 Å². The Morgan fingerprint density at radius 3 is 2.73 bits per heavy atom. The molecule has 7 heteroatoms. The second kappa shape index (κ2) is 8.15. The summed E-state index contributed by atoms with van der Waals surface area (Å²) in [5.41, 5.74) is 1.79. The van der Waals surface area contributed by atoms with E-state index < -0.39 is 5.97 Å². The van der Waals surface area contributed by atoms with E-state index in [1.165, 1.54) is 0 Å². The van der Waals surface area contributed by atoms with Crippen LogP contribution < -0.4 is 9.47 Å². The zero-order chi connectivity index (χ0) is 18.4. The molecule has 0 amide bonds. The molecule has 0 spiro atoms. The van der Waals surface area contributed by atoms with Crippen LogP contribution in [0.4, 0.5) is 0 Å². The molecular formula is C19H18N2O5. The number of benzene rings is 2. The molecule has 0 N–H and O–H groups in total. The normalized spacial score (nSPS) is 10.4. The van der Waals surface area contributed by atoms with E-state index in [0.29, 0.717) is 17.3 Å². The Kier molecular flexibility index (Phi) is 5.48. The van der Waals surface area contributed by atoms with Crippen molar-refractivity contribution in [1.29, 1.82) is 0 Å². The van der Waals surface area contributed by atoms with Crippen molar-refractivity contribution >= 4 is 5.97 Å². The molecule has 3 aromatic rings. The van der Waals surface area contributed by atoms with Crippen molar-refractivity contribution < 1.29 is 23.5 Å². The highest BCUT2D eigenvalue weighted by molar-refractivity contribution is 5.71. The topological polar surface area (TPSA) is 83.7 Å². The van der Waals surface area contributed by atoms with Gasteiger partial charge in [-0.2, -0.15) is 4.98 Å². The molecule has 1 heterocycles. The first-order valence-corrected chi connectivity index (χ1v) is 7.96. The van der Waals surface area contributed by atoms with Crippen molar-refractivity contribution in [3.05, 3.63) is 60.0 Å². The van der Waals surface area contributed by atoms with Gasteiger partial charge in [-0.1, -0.05) is 29.4 Å². The molecule has 0 saturated heterocycles. The summed E-state index contributed by atoms with van der Waals surface area (Å²) in [6.45, 7) is 1.63. The molecule has 1 aromatic heterocycles. The van der Waals surface area contributed by atoms with Gasteiger partial charge in [0, 0.05) is 5.56 Å². The summed E-state index contributed by atoms with van der Waals surface area (Å²) < 4.78 is 20.7. The third-order valence-corrected chi connectivity index (χ3v) is 3.50. The molecule has 2 aromatic carbocycles. The molecule has 26 heavy (non-hydrogen) atoms. The Hall–Kier alpha value is -3.35. The first-order chi connectivity index (χ1) is 12.6. The van der Waals surface area contributed by atoms with Crippen LogP contribution in [-0.2, 0) is 16.1 Å². The highest BCUT2D eigenvalue weighted by Crippen LogP contribution is 2.21. The van der Waals surface area contributed by atoms with Gasteiger partial charge in [0.1, 0.15) is 11.5 Å². The number of hydrogen-bond acceptors (Lipinski definition) is 7. The maximum absolute atomic E-state index is 11.8. The zero-order valence-corrected chi connectivity index (χ0v) is 14.5. The van der Waals surface area contributed by atoms with E-state index in [1.54, 1.807) is 19.2 Å². The van der Waals surface area contributed by atoms with E-state index in [2.05, 4.69) is 10.1 Å². The predicted molar refractivity (Wildman–Crippen MR) is 92.8 cm³/mol. The van der Waals surface area contributed by atoms with E-state index >= 15 is 0 Å². The molecule has 0 unspecified atom stereocenters. The molecule has 0 aliphatic carbocycles. The summed E-state index contributed by atoms with van der Waals surface area (Å²) in [5.74, 6) is 1.37. The number of methoxy groups -OCH3 is 1. The van der Waals surface area contributed by atoms with Gasteiger partial charge in [0.25, 0.3) is 5.89 Å². The highest BCUT2D eigenvalue weighted by atomic mass is 16.6. The van der Waals surface area contributed by atoms with Crippen LogP contribution in [0.2, 0.25) is 0 Å². The van der Waals surface area contributed by atoms with Crippen LogP contribution in [0.3, 0.4) is 0 Å². The smallest absolute Gasteiger partial charge is 0.344 e. The SMILES string of the molecule is COc1cccc(-c2noc(COC(=O)COc3cccc(C)c3)n2)c1. The molecule has 0 saturated carbocycles. The maximum Gasteiger partial charge on any atom is 0.344 e. The van der Waals surface area contributed by atoms with Gasteiger partial charge < -0.3 is 18.7 Å². The van der Waals surface area contributed by atoms with Crippen LogP contribution in [0.5, 0.6) is 11.5 Å². The largest absolute Gasteiger partial charge is 0.497 e. The first kappa shape index (κ1) is 17.5. The standard InChI is InChI=1S/C19H18N2O5/c1-13-5-3-8-16(9-13)24-12-18(22)25-11-17-20-19(21-26-17)14-6-4-7-15(10-14)23-2/h3-10H,11-12H2,1-2H3. The summed E-state index contributed by atoms with van der Waals surface area (Å²) in [7, 11) is 1.58. The Morgan fingerprint density at radius 2 is 1.92 bits per heavy atom. The third-order valence-electron chi connectivity index (χ3n) is 3.50. The summed E-state index contributed by atoms with van der Waals surface area (Å²) in [6.07, 6.45) is 0. The van der Waals surface area contributed by atoms with Gasteiger partial charge in [-0.3, -0.25) is 0 Å². The first-order valence-electron chi connectivity index (χ1n) is 7.96. The van der Waals surface area contributed by atoms with Gasteiger partial charge in [0.15, 0.2) is 13.2 Å². The molecule has 134 valence electrons. The fraction of sp³-hybridized carbons (Fsp3) is 0.211. The fourth-order valence-corrected chi connectivity index (χ4v) is 2.22. The van der Waals surface area contributed by atoms with Gasteiger partial charge in [-0.05, 0) is 36.8 Å². The summed E-state index contributed by atoms with van der Waals surface area (Å²) in [5, 5.41) is 3.88. The van der Waals surface area contributed by atoms with E-state index in [1.807, 2.05) is 43.3 Å². The number of aryl methyl sites for hydroxylation is 1. The van der Waals surface area contributed by atoms with Crippen molar-refractivity contribution in [3.8, 4) is 22.9 Å². The van der Waals surface area contributed by atoms with Crippen molar-refractivity contribution in [2.75, 3.05) is 13.7 Å².